The number of nitrogens with zero attached hydrogens (tertiary/aromatic N) is 1. The summed E-state index contributed by atoms with van der Waals surface area (Å²) < 4.78 is 37.6. The summed E-state index contributed by atoms with van der Waals surface area (Å²) in [4.78, 5) is 4.27. The Balaban J connectivity index is 2.17. The summed E-state index contributed by atoms with van der Waals surface area (Å²) in [5, 5.41) is 0. The summed E-state index contributed by atoms with van der Waals surface area (Å²) in [6.07, 6.45) is 6.02. The Morgan fingerprint density at radius 1 is 1.12 bits per heavy atom. The molecule has 2 aliphatic rings. The number of hydrogen-bond acceptors (Lipinski definition) is 1. The van der Waals surface area contributed by atoms with E-state index >= 15 is 0 Å². The van der Waals surface area contributed by atoms with Gasteiger partial charge in [-0.2, -0.15) is 13.2 Å². The van der Waals surface area contributed by atoms with Gasteiger partial charge in [0.15, 0.2) is 0 Å². The van der Waals surface area contributed by atoms with E-state index in [4.69, 9.17) is 0 Å². The van der Waals surface area contributed by atoms with Crippen molar-refractivity contribution in [1.82, 2.24) is 0 Å². The van der Waals surface area contributed by atoms with Gasteiger partial charge in [0.05, 0.1) is 5.70 Å². The number of alkyl halides is 3. The monoisotopic (exact) mass is 241 g/mol. The lowest BCUT2D eigenvalue weighted by Gasteiger charge is -2.15. The second kappa shape index (κ2) is 4.90. The van der Waals surface area contributed by atoms with Gasteiger partial charge in [0.25, 0.3) is 0 Å². The van der Waals surface area contributed by atoms with Gasteiger partial charge in [0.2, 0.25) is 0 Å². The first-order valence-electron chi connectivity index (χ1n) is 5.78. The molecule has 0 aromatic carbocycles. The van der Waals surface area contributed by atoms with Crippen molar-refractivity contribution in [3.8, 4) is 0 Å². The number of halogens is 3. The molecule has 0 fully saturated rings. The molecule has 0 radical (unpaired) electrons. The van der Waals surface area contributed by atoms with E-state index in [0.29, 0.717) is 12.1 Å². The number of rotatable bonds is 1. The topological polar surface area (TPSA) is 12.4 Å². The second-order valence-electron chi connectivity index (χ2n) is 4.23. The van der Waals surface area contributed by atoms with Crippen molar-refractivity contribution >= 4 is 5.71 Å². The molecule has 0 aromatic rings. The van der Waals surface area contributed by atoms with Crippen LogP contribution >= 0.6 is 0 Å². The molecular formula is C13H14F3N. The minimum atomic E-state index is -4.22. The molecule has 0 N–H and O–H groups in total. The van der Waals surface area contributed by atoms with Crippen LogP contribution in [0.1, 0.15) is 32.1 Å². The number of hydrogen-bond donors (Lipinski definition) is 0. The summed E-state index contributed by atoms with van der Waals surface area (Å²) in [7, 11) is 0. The Bertz CT molecular complexity index is 411. The van der Waals surface area contributed by atoms with Crippen LogP contribution in [0.5, 0.6) is 0 Å². The molecule has 0 saturated heterocycles. The lowest BCUT2D eigenvalue weighted by molar-refractivity contribution is -0.0941. The Labute approximate surface area is 98.4 Å². The summed E-state index contributed by atoms with van der Waals surface area (Å²) in [6, 6.07) is 0. The van der Waals surface area contributed by atoms with Crippen LogP contribution in [-0.2, 0) is 0 Å². The standard InChI is InChI=1S/C13H14F3N/c14-13(15,16)10-5-4-8-12(9-10)17-11-6-2-1-3-7-11/h2,6,8-9H,1,3-5,7H2. The van der Waals surface area contributed by atoms with Gasteiger partial charge in [-0.25, -0.2) is 0 Å². The molecule has 0 bridgehead atoms. The van der Waals surface area contributed by atoms with Crippen molar-refractivity contribution in [2.75, 3.05) is 0 Å². The molecule has 2 rings (SSSR count). The minimum Gasteiger partial charge on any atom is -0.254 e. The number of aliphatic imine (C=N–C) groups is 1. The highest BCUT2D eigenvalue weighted by molar-refractivity contribution is 5.96. The zero-order valence-electron chi connectivity index (χ0n) is 9.43. The minimum absolute atomic E-state index is 0.0632. The van der Waals surface area contributed by atoms with Gasteiger partial charge in [-0.1, -0.05) is 12.2 Å². The van der Waals surface area contributed by atoms with E-state index in [1.165, 1.54) is 6.08 Å². The third kappa shape index (κ3) is 3.32. The maximum atomic E-state index is 12.5. The van der Waals surface area contributed by atoms with Crippen LogP contribution in [0.15, 0.2) is 40.6 Å². The maximum absolute atomic E-state index is 12.5. The zero-order chi connectivity index (χ0) is 12.3. The van der Waals surface area contributed by atoms with Crippen LogP contribution < -0.4 is 0 Å². The maximum Gasteiger partial charge on any atom is 0.412 e. The van der Waals surface area contributed by atoms with E-state index in [1.807, 2.05) is 12.2 Å². The smallest absolute Gasteiger partial charge is 0.254 e. The molecule has 0 aliphatic heterocycles. The molecule has 1 nitrogen and oxygen atoms in total. The van der Waals surface area contributed by atoms with Gasteiger partial charge in [-0.15, -0.1) is 0 Å². The fraction of sp³-hybridized carbons (Fsp3) is 0.462. The number of allylic oxidation sites excluding steroid dienone is 5. The van der Waals surface area contributed by atoms with E-state index in [1.54, 1.807) is 6.08 Å². The van der Waals surface area contributed by atoms with Gasteiger partial charge in [-0.3, -0.25) is 4.99 Å². The van der Waals surface area contributed by atoms with Gasteiger partial charge >= 0.3 is 6.18 Å². The molecule has 0 amide bonds. The quantitative estimate of drug-likeness (QED) is 0.647. The Hall–Kier alpha value is -1.32. The highest BCUT2D eigenvalue weighted by atomic mass is 19.4. The van der Waals surface area contributed by atoms with Gasteiger partial charge in [-0.05, 0) is 44.3 Å². The van der Waals surface area contributed by atoms with Crippen molar-refractivity contribution in [1.29, 1.82) is 0 Å². The zero-order valence-corrected chi connectivity index (χ0v) is 9.43. The van der Waals surface area contributed by atoms with E-state index in [9.17, 15) is 13.2 Å². The van der Waals surface area contributed by atoms with Gasteiger partial charge in [0, 0.05) is 11.3 Å². The predicted octanol–water partition coefficient (Wildman–Crippen LogP) is 4.33. The molecule has 0 unspecified atom stereocenters. The molecule has 0 heterocycles. The molecule has 0 aromatic heterocycles. The molecule has 0 atom stereocenters. The van der Waals surface area contributed by atoms with E-state index in [0.717, 1.165) is 25.0 Å². The molecular weight excluding hydrogens is 227 g/mol. The van der Waals surface area contributed by atoms with Gasteiger partial charge in [0.1, 0.15) is 0 Å². The third-order valence-electron chi connectivity index (χ3n) is 2.84. The Morgan fingerprint density at radius 2 is 1.94 bits per heavy atom. The lowest BCUT2D eigenvalue weighted by atomic mass is 10.0. The highest BCUT2D eigenvalue weighted by Crippen LogP contribution is 2.33. The first kappa shape index (κ1) is 12.1. The van der Waals surface area contributed by atoms with Crippen LogP contribution in [0, 0.1) is 0 Å². The SMILES string of the molecule is FC(F)(F)C1=CC(N=C2C=CCCC2)=CCC1. The largest absolute Gasteiger partial charge is 0.412 e. The average Bonchev–Trinajstić information content (AvgIpc) is 2.29. The van der Waals surface area contributed by atoms with Crippen LogP contribution in [0.3, 0.4) is 0 Å². The van der Waals surface area contributed by atoms with Crippen LogP contribution in [0.4, 0.5) is 13.2 Å². The lowest BCUT2D eigenvalue weighted by Crippen LogP contribution is -2.13. The fourth-order valence-corrected chi connectivity index (χ4v) is 1.95. The fourth-order valence-electron chi connectivity index (χ4n) is 1.95. The second-order valence-corrected chi connectivity index (χ2v) is 4.23. The van der Waals surface area contributed by atoms with Crippen molar-refractivity contribution in [2.24, 2.45) is 4.99 Å². The summed E-state index contributed by atoms with van der Waals surface area (Å²) in [5.41, 5.74) is 0.853. The molecule has 4 heteroatoms. The summed E-state index contributed by atoms with van der Waals surface area (Å²) >= 11 is 0. The average molecular weight is 241 g/mol. The Morgan fingerprint density at radius 3 is 2.59 bits per heavy atom. The van der Waals surface area contributed by atoms with E-state index < -0.39 is 11.7 Å². The third-order valence-corrected chi connectivity index (χ3v) is 2.84. The van der Waals surface area contributed by atoms with Crippen molar-refractivity contribution < 1.29 is 13.2 Å². The normalized spacial score (nSPS) is 23.6. The molecule has 0 saturated carbocycles. The van der Waals surface area contributed by atoms with Crippen LogP contribution in [-0.4, -0.2) is 11.9 Å². The van der Waals surface area contributed by atoms with Crippen molar-refractivity contribution in [3.63, 3.8) is 0 Å². The molecule has 2 aliphatic carbocycles. The Kier molecular flexibility index (Phi) is 3.50. The molecule has 92 valence electrons. The van der Waals surface area contributed by atoms with Crippen molar-refractivity contribution in [2.45, 2.75) is 38.3 Å². The highest BCUT2D eigenvalue weighted by Gasteiger charge is 2.33. The predicted molar refractivity (Wildman–Crippen MR) is 61.9 cm³/mol. The molecule has 0 spiro atoms. The van der Waals surface area contributed by atoms with Gasteiger partial charge < -0.3 is 0 Å². The van der Waals surface area contributed by atoms with Crippen LogP contribution in [0.25, 0.3) is 0 Å². The van der Waals surface area contributed by atoms with E-state index in [-0.39, 0.29) is 6.42 Å². The van der Waals surface area contributed by atoms with Crippen molar-refractivity contribution in [3.05, 3.63) is 35.6 Å². The summed E-state index contributed by atoms with van der Waals surface area (Å²) in [6.45, 7) is 0. The first-order valence-corrected chi connectivity index (χ1v) is 5.78. The van der Waals surface area contributed by atoms with E-state index in [2.05, 4.69) is 4.99 Å². The molecule has 17 heavy (non-hydrogen) atoms. The van der Waals surface area contributed by atoms with Crippen LogP contribution in [0.2, 0.25) is 0 Å². The first-order chi connectivity index (χ1) is 8.05. The summed E-state index contributed by atoms with van der Waals surface area (Å²) in [5.74, 6) is 0.